The summed E-state index contributed by atoms with van der Waals surface area (Å²) in [7, 11) is 1.62. The normalized spacial score (nSPS) is 10.6. The van der Waals surface area contributed by atoms with Gasteiger partial charge in [0, 0.05) is 25.4 Å². The number of rotatable bonds is 5. The van der Waals surface area contributed by atoms with Crippen molar-refractivity contribution in [2.24, 2.45) is 7.05 Å². The minimum Gasteiger partial charge on any atom is -0.370 e. The number of aryl methyl sites for hydroxylation is 2. The Morgan fingerprint density at radius 2 is 2.10 bits per heavy atom. The summed E-state index contributed by atoms with van der Waals surface area (Å²) in [6, 6.07) is 1.87. The highest BCUT2D eigenvalue weighted by Gasteiger charge is 2.07. The largest absolute Gasteiger partial charge is 0.370 e. The van der Waals surface area contributed by atoms with E-state index in [2.05, 4.69) is 25.4 Å². The van der Waals surface area contributed by atoms with Crippen LogP contribution in [-0.2, 0) is 12.8 Å². The first-order valence-electron chi connectivity index (χ1n) is 6.38. The van der Waals surface area contributed by atoms with Crippen LogP contribution in [0.1, 0.15) is 18.4 Å². The van der Waals surface area contributed by atoms with Crippen LogP contribution in [0.2, 0.25) is 0 Å². The third kappa shape index (κ3) is 3.91. The van der Waals surface area contributed by atoms with Crippen LogP contribution in [0.4, 0.5) is 5.82 Å². The maximum atomic E-state index is 11.3. The summed E-state index contributed by atoms with van der Waals surface area (Å²) in [5.74, 6) is 1.85. The molecule has 0 unspecified atom stereocenters. The van der Waals surface area contributed by atoms with Gasteiger partial charge in [-0.3, -0.25) is 19.4 Å². The molecule has 0 aliphatic heterocycles. The number of nitrogens with one attached hydrogen (secondary N) is 2. The van der Waals surface area contributed by atoms with E-state index in [1.807, 2.05) is 19.9 Å². The number of hydrogen-bond acceptors (Lipinski definition) is 7. The number of aromatic nitrogens is 5. The Balaban J connectivity index is 2.18. The highest BCUT2D eigenvalue weighted by atomic mass is 32.2. The van der Waals surface area contributed by atoms with E-state index in [1.54, 1.807) is 7.05 Å². The van der Waals surface area contributed by atoms with Gasteiger partial charge in [0.2, 0.25) is 0 Å². The van der Waals surface area contributed by atoms with Gasteiger partial charge in [0.15, 0.2) is 5.16 Å². The van der Waals surface area contributed by atoms with E-state index in [9.17, 15) is 9.59 Å². The monoisotopic (exact) mass is 308 g/mol. The number of nitrogens with zero attached hydrogens (tertiary/aromatic N) is 4. The standard InChI is InChI=1S/C12H16N6O2S/c1-4-13-8-5-7(2)14-9(15-8)6-21-12-16-10(19)11(20)17-18(12)3/h5H,4,6H2,1-3H3,(H,17,20)(H,13,14,15). The molecule has 9 heteroatoms. The van der Waals surface area contributed by atoms with Crippen molar-refractivity contribution < 1.29 is 0 Å². The van der Waals surface area contributed by atoms with Crippen molar-refractivity contribution in [3.8, 4) is 0 Å². The topological polar surface area (TPSA) is 106 Å². The van der Waals surface area contributed by atoms with Crippen LogP contribution in [0.15, 0.2) is 20.8 Å². The summed E-state index contributed by atoms with van der Waals surface area (Å²) in [6.07, 6.45) is 0. The highest BCUT2D eigenvalue weighted by Crippen LogP contribution is 2.17. The molecule has 0 spiro atoms. The molecule has 21 heavy (non-hydrogen) atoms. The summed E-state index contributed by atoms with van der Waals surface area (Å²) >= 11 is 1.29. The zero-order chi connectivity index (χ0) is 15.4. The molecule has 0 atom stereocenters. The summed E-state index contributed by atoms with van der Waals surface area (Å²) < 4.78 is 1.41. The van der Waals surface area contributed by atoms with Crippen molar-refractivity contribution in [1.82, 2.24) is 24.7 Å². The fraction of sp³-hybridized carbons (Fsp3) is 0.417. The number of thioether (sulfide) groups is 1. The zero-order valence-corrected chi connectivity index (χ0v) is 12.8. The molecule has 0 aliphatic carbocycles. The molecule has 0 aromatic carbocycles. The number of aromatic amines is 1. The lowest BCUT2D eigenvalue weighted by atomic mass is 10.4. The Kier molecular flexibility index (Phi) is 4.73. The summed E-state index contributed by atoms with van der Waals surface area (Å²) in [6.45, 7) is 4.66. The molecule has 2 heterocycles. The van der Waals surface area contributed by atoms with Gasteiger partial charge >= 0.3 is 11.1 Å². The van der Waals surface area contributed by atoms with E-state index in [-0.39, 0.29) is 0 Å². The van der Waals surface area contributed by atoms with E-state index in [4.69, 9.17) is 0 Å². The van der Waals surface area contributed by atoms with Gasteiger partial charge < -0.3 is 5.32 Å². The quantitative estimate of drug-likeness (QED) is 0.604. The Bertz CT molecular complexity index is 754. The predicted octanol–water partition coefficient (Wildman–Crippen LogP) is 0.291. The van der Waals surface area contributed by atoms with E-state index in [0.29, 0.717) is 16.7 Å². The zero-order valence-electron chi connectivity index (χ0n) is 12.0. The molecule has 0 saturated carbocycles. The van der Waals surface area contributed by atoms with Crippen LogP contribution in [0.5, 0.6) is 0 Å². The smallest absolute Gasteiger partial charge is 0.339 e. The lowest BCUT2D eigenvalue weighted by Crippen LogP contribution is -2.33. The van der Waals surface area contributed by atoms with Crippen molar-refractivity contribution in [2.45, 2.75) is 24.8 Å². The van der Waals surface area contributed by atoms with Crippen LogP contribution >= 0.6 is 11.8 Å². The first-order chi connectivity index (χ1) is 9.99. The molecule has 0 radical (unpaired) electrons. The third-order valence-corrected chi connectivity index (χ3v) is 3.56. The average Bonchev–Trinajstić information content (AvgIpc) is 2.41. The molecule has 2 N–H and O–H groups in total. The van der Waals surface area contributed by atoms with Crippen molar-refractivity contribution >= 4 is 17.6 Å². The second-order valence-electron chi connectivity index (χ2n) is 4.33. The maximum Gasteiger partial charge on any atom is 0.339 e. The molecule has 8 nitrogen and oxygen atoms in total. The van der Waals surface area contributed by atoms with Crippen molar-refractivity contribution in [3.63, 3.8) is 0 Å². The molecule has 2 aromatic rings. The molecule has 0 fully saturated rings. The minimum atomic E-state index is -0.797. The SMILES string of the molecule is CCNc1cc(C)nc(CSc2nc(=O)c(=O)[nH]n2C)n1. The Hall–Kier alpha value is -2.16. The fourth-order valence-electron chi connectivity index (χ4n) is 1.69. The number of hydrogen-bond donors (Lipinski definition) is 2. The van der Waals surface area contributed by atoms with E-state index < -0.39 is 11.1 Å². The van der Waals surface area contributed by atoms with E-state index in [0.717, 1.165) is 18.1 Å². The first kappa shape index (κ1) is 15.2. The lowest BCUT2D eigenvalue weighted by Gasteiger charge is -2.08. The van der Waals surface area contributed by atoms with Crippen molar-refractivity contribution in [3.05, 3.63) is 38.3 Å². The molecule has 0 saturated heterocycles. The van der Waals surface area contributed by atoms with Gasteiger partial charge in [-0.2, -0.15) is 4.98 Å². The van der Waals surface area contributed by atoms with Gasteiger partial charge in [0.05, 0.1) is 5.75 Å². The second-order valence-corrected chi connectivity index (χ2v) is 5.27. The first-order valence-corrected chi connectivity index (χ1v) is 7.36. The van der Waals surface area contributed by atoms with Crippen LogP contribution in [0.3, 0.4) is 0 Å². The van der Waals surface area contributed by atoms with Crippen molar-refractivity contribution in [1.29, 1.82) is 0 Å². The van der Waals surface area contributed by atoms with Gasteiger partial charge in [-0.15, -0.1) is 0 Å². The van der Waals surface area contributed by atoms with Gasteiger partial charge in [0.1, 0.15) is 11.6 Å². The van der Waals surface area contributed by atoms with Gasteiger partial charge in [-0.25, -0.2) is 9.97 Å². The molecule has 112 valence electrons. The molecule has 2 aromatic heterocycles. The van der Waals surface area contributed by atoms with Crippen LogP contribution in [0, 0.1) is 6.92 Å². The van der Waals surface area contributed by atoms with Crippen molar-refractivity contribution in [2.75, 3.05) is 11.9 Å². The van der Waals surface area contributed by atoms with Crippen LogP contribution < -0.4 is 16.4 Å². The maximum absolute atomic E-state index is 11.3. The third-order valence-electron chi connectivity index (χ3n) is 2.54. The van der Waals surface area contributed by atoms with Crippen LogP contribution in [0.25, 0.3) is 0 Å². The molecule has 2 rings (SSSR count). The number of H-pyrrole nitrogens is 1. The number of anilines is 1. The second kappa shape index (κ2) is 6.53. The molecule has 0 aliphatic rings. The Morgan fingerprint density at radius 1 is 1.33 bits per heavy atom. The minimum absolute atomic E-state index is 0.412. The van der Waals surface area contributed by atoms with Crippen LogP contribution in [-0.4, -0.2) is 31.3 Å². The Morgan fingerprint density at radius 3 is 2.81 bits per heavy atom. The van der Waals surface area contributed by atoms with Gasteiger partial charge in [0.25, 0.3) is 0 Å². The summed E-state index contributed by atoms with van der Waals surface area (Å²) in [5.41, 5.74) is -0.669. The molecular weight excluding hydrogens is 292 g/mol. The van der Waals surface area contributed by atoms with Gasteiger partial charge in [-0.1, -0.05) is 11.8 Å². The molecular formula is C12H16N6O2S. The Labute approximate surface area is 125 Å². The molecule has 0 bridgehead atoms. The van der Waals surface area contributed by atoms with E-state index >= 15 is 0 Å². The van der Waals surface area contributed by atoms with E-state index in [1.165, 1.54) is 16.4 Å². The summed E-state index contributed by atoms with van der Waals surface area (Å²) in [4.78, 5) is 34.9. The predicted molar refractivity (Wildman–Crippen MR) is 80.6 cm³/mol. The summed E-state index contributed by atoms with van der Waals surface area (Å²) in [5, 5.41) is 5.95. The fourth-order valence-corrected chi connectivity index (χ4v) is 2.46. The van der Waals surface area contributed by atoms with Gasteiger partial charge in [-0.05, 0) is 13.8 Å². The lowest BCUT2D eigenvalue weighted by molar-refractivity contribution is 0.596. The molecule has 0 amide bonds. The highest BCUT2D eigenvalue weighted by molar-refractivity contribution is 7.98. The average molecular weight is 308 g/mol.